The summed E-state index contributed by atoms with van der Waals surface area (Å²) in [6, 6.07) is 11.1. The summed E-state index contributed by atoms with van der Waals surface area (Å²) in [6.07, 6.45) is 0. The van der Waals surface area contributed by atoms with Gasteiger partial charge in [0.25, 0.3) is 0 Å². The molecule has 0 heterocycles. The third-order valence-electron chi connectivity index (χ3n) is 3.25. The molecule has 0 aliphatic carbocycles. The normalized spacial score (nSPS) is 13.0. The first-order valence-corrected chi connectivity index (χ1v) is 7.97. The molecule has 6 heteroatoms. The summed E-state index contributed by atoms with van der Waals surface area (Å²) in [5, 5.41) is 8.30. The van der Waals surface area contributed by atoms with Gasteiger partial charge in [-0.05, 0) is 55.3 Å². The van der Waals surface area contributed by atoms with Crippen LogP contribution in [0.2, 0.25) is 0 Å². The first-order chi connectivity index (χ1) is 9.77. The Labute approximate surface area is 123 Å². The zero-order valence-corrected chi connectivity index (χ0v) is 12.6. The Hall–Kier alpha value is -1.92. The van der Waals surface area contributed by atoms with Crippen molar-refractivity contribution in [3.63, 3.8) is 0 Å². The zero-order chi connectivity index (χ0) is 15.6. The van der Waals surface area contributed by atoms with E-state index in [1.165, 1.54) is 18.2 Å². The van der Waals surface area contributed by atoms with Crippen LogP contribution in [-0.2, 0) is 10.0 Å². The van der Waals surface area contributed by atoms with Crippen LogP contribution in [0.25, 0.3) is 0 Å². The second-order valence-corrected chi connectivity index (χ2v) is 6.51. The number of anilines is 1. The Balaban J connectivity index is 2.16. The van der Waals surface area contributed by atoms with Crippen LogP contribution >= 0.6 is 0 Å². The summed E-state index contributed by atoms with van der Waals surface area (Å²) in [4.78, 5) is 0.0797. The number of sulfonamides is 1. The van der Waals surface area contributed by atoms with Crippen LogP contribution in [-0.4, -0.2) is 8.42 Å². The molecule has 0 amide bonds. The molecule has 0 fully saturated rings. The van der Waals surface area contributed by atoms with E-state index in [1.807, 2.05) is 6.92 Å². The Kier molecular flexibility index (Phi) is 4.29. The molecule has 0 bridgehead atoms. The van der Waals surface area contributed by atoms with Gasteiger partial charge in [-0.25, -0.2) is 17.9 Å². The Morgan fingerprint density at radius 2 is 1.76 bits per heavy atom. The van der Waals surface area contributed by atoms with E-state index in [-0.39, 0.29) is 16.8 Å². The summed E-state index contributed by atoms with van der Waals surface area (Å²) in [6.45, 7) is 3.64. The first-order valence-electron chi connectivity index (χ1n) is 6.43. The van der Waals surface area contributed by atoms with E-state index < -0.39 is 10.0 Å². The van der Waals surface area contributed by atoms with Crippen molar-refractivity contribution in [3.05, 3.63) is 59.4 Å². The van der Waals surface area contributed by atoms with E-state index in [4.69, 9.17) is 5.14 Å². The van der Waals surface area contributed by atoms with Crippen molar-refractivity contribution >= 4 is 15.7 Å². The van der Waals surface area contributed by atoms with Crippen molar-refractivity contribution in [1.29, 1.82) is 0 Å². The second-order valence-electron chi connectivity index (χ2n) is 4.94. The minimum atomic E-state index is -3.68. The van der Waals surface area contributed by atoms with Crippen molar-refractivity contribution in [3.8, 4) is 0 Å². The molecule has 21 heavy (non-hydrogen) atoms. The van der Waals surface area contributed by atoms with Crippen LogP contribution in [0.4, 0.5) is 10.1 Å². The predicted octanol–water partition coefficient (Wildman–Crippen LogP) is 2.95. The SMILES string of the molecule is Cc1cc(NC(C)c2ccc(S(N)(=O)=O)cc2)ccc1F. The second kappa shape index (κ2) is 5.83. The minimum Gasteiger partial charge on any atom is -0.379 e. The average Bonchev–Trinajstić information content (AvgIpc) is 2.42. The highest BCUT2D eigenvalue weighted by Crippen LogP contribution is 2.22. The number of primary sulfonamides is 1. The molecule has 0 saturated carbocycles. The van der Waals surface area contributed by atoms with Crippen LogP contribution in [0, 0.1) is 12.7 Å². The number of halogens is 1. The molecule has 1 atom stereocenters. The van der Waals surface area contributed by atoms with E-state index in [0.717, 1.165) is 11.3 Å². The highest BCUT2D eigenvalue weighted by molar-refractivity contribution is 7.89. The monoisotopic (exact) mass is 308 g/mol. The largest absolute Gasteiger partial charge is 0.379 e. The van der Waals surface area contributed by atoms with Gasteiger partial charge in [-0.2, -0.15) is 0 Å². The highest BCUT2D eigenvalue weighted by atomic mass is 32.2. The molecule has 2 aromatic carbocycles. The molecular formula is C15H17FN2O2S. The number of nitrogens with one attached hydrogen (secondary N) is 1. The number of hydrogen-bond acceptors (Lipinski definition) is 3. The Morgan fingerprint density at radius 1 is 1.14 bits per heavy atom. The van der Waals surface area contributed by atoms with E-state index in [0.29, 0.717) is 5.56 Å². The predicted molar refractivity (Wildman–Crippen MR) is 81.0 cm³/mol. The van der Waals surface area contributed by atoms with Crippen molar-refractivity contribution in [2.75, 3.05) is 5.32 Å². The van der Waals surface area contributed by atoms with Gasteiger partial charge in [-0.1, -0.05) is 12.1 Å². The van der Waals surface area contributed by atoms with Gasteiger partial charge in [0.15, 0.2) is 0 Å². The lowest BCUT2D eigenvalue weighted by atomic mass is 10.1. The Bertz CT molecular complexity index is 743. The van der Waals surface area contributed by atoms with E-state index in [9.17, 15) is 12.8 Å². The molecule has 0 aliphatic rings. The van der Waals surface area contributed by atoms with E-state index in [2.05, 4.69) is 5.32 Å². The van der Waals surface area contributed by atoms with Crippen molar-refractivity contribution in [2.45, 2.75) is 24.8 Å². The lowest BCUT2D eigenvalue weighted by molar-refractivity contribution is 0.597. The van der Waals surface area contributed by atoms with E-state index >= 15 is 0 Å². The van der Waals surface area contributed by atoms with Crippen molar-refractivity contribution in [1.82, 2.24) is 0 Å². The number of benzene rings is 2. The molecule has 3 N–H and O–H groups in total. The number of rotatable bonds is 4. The maximum atomic E-state index is 13.2. The molecule has 0 spiro atoms. The first kappa shape index (κ1) is 15.5. The maximum Gasteiger partial charge on any atom is 0.238 e. The standard InChI is InChI=1S/C15H17FN2O2S/c1-10-9-13(5-8-15(10)16)18-11(2)12-3-6-14(7-4-12)21(17,19)20/h3-9,11,18H,1-2H3,(H2,17,19,20). The lowest BCUT2D eigenvalue weighted by Crippen LogP contribution is -2.12. The number of nitrogens with two attached hydrogens (primary N) is 1. The summed E-state index contributed by atoms with van der Waals surface area (Å²) in [5.41, 5.74) is 2.28. The van der Waals surface area contributed by atoms with Gasteiger partial charge in [0, 0.05) is 11.7 Å². The van der Waals surface area contributed by atoms with Gasteiger partial charge in [0.1, 0.15) is 5.82 Å². The van der Waals surface area contributed by atoms with Crippen molar-refractivity contribution < 1.29 is 12.8 Å². The van der Waals surface area contributed by atoms with Crippen LogP contribution in [0.5, 0.6) is 0 Å². The van der Waals surface area contributed by atoms with Crippen LogP contribution in [0.3, 0.4) is 0 Å². The summed E-state index contributed by atoms with van der Waals surface area (Å²) < 4.78 is 35.6. The fourth-order valence-electron chi connectivity index (χ4n) is 2.01. The third kappa shape index (κ3) is 3.80. The molecule has 4 nitrogen and oxygen atoms in total. The van der Waals surface area contributed by atoms with Crippen LogP contribution in [0.1, 0.15) is 24.1 Å². The smallest absolute Gasteiger partial charge is 0.238 e. The van der Waals surface area contributed by atoms with Crippen molar-refractivity contribution in [2.24, 2.45) is 5.14 Å². The molecule has 112 valence electrons. The number of aryl methyl sites for hydroxylation is 1. The molecule has 1 unspecified atom stereocenters. The molecule has 0 aromatic heterocycles. The molecule has 2 rings (SSSR count). The fraction of sp³-hybridized carbons (Fsp3) is 0.200. The topological polar surface area (TPSA) is 72.2 Å². The molecule has 0 saturated heterocycles. The third-order valence-corrected chi connectivity index (χ3v) is 4.18. The van der Waals surface area contributed by atoms with Gasteiger partial charge >= 0.3 is 0 Å². The van der Waals surface area contributed by atoms with Gasteiger partial charge in [0.05, 0.1) is 4.90 Å². The van der Waals surface area contributed by atoms with Gasteiger partial charge < -0.3 is 5.32 Å². The van der Waals surface area contributed by atoms with Crippen LogP contribution in [0.15, 0.2) is 47.4 Å². The molecule has 2 aromatic rings. The fourth-order valence-corrected chi connectivity index (χ4v) is 2.53. The van der Waals surface area contributed by atoms with E-state index in [1.54, 1.807) is 31.2 Å². The van der Waals surface area contributed by atoms with Crippen LogP contribution < -0.4 is 10.5 Å². The quantitative estimate of drug-likeness (QED) is 0.912. The average molecular weight is 308 g/mol. The summed E-state index contributed by atoms with van der Waals surface area (Å²) >= 11 is 0. The zero-order valence-electron chi connectivity index (χ0n) is 11.8. The molecule has 0 aliphatic heterocycles. The summed E-state index contributed by atoms with van der Waals surface area (Å²) in [7, 11) is -3.68. The minimum absolute atomic E-state index is 0.0515. The van der Waals surface area contributed by atoms with Gasteiger partial charge in [-0.15, -0.1) is 0 Å². The molecular weight excluding hydrogens is 291 g/mol. The van der Waals surface area contributed by atoms with Gasteiger partial charge in [-0.3, -0.25) is 0 Å². The number of hydrogen-bond donors (Lipinski definition) is 2. The van der Waals surface area contributed by atoms with Gasteiger partial charge in [0.2, 0.25) is 10.0 Å². The Morgan fingerprint density at radius 3 is 2.29 bits per heavy atom. The molecule has 0 radical (unpaired) electrons. The maximum absolute atomic E-state index is 13.2. The lowest BCUT2D eigenvalue weighted by Gasteiger charge is -2.16. The highest BCUT2D eigenvalue weighted by Gasteiger charge is 2.10. The summed E-state index contributed by atoms with van der Waals surface area (Å²) in [5.74, 6) is -0.245.